The molecule has 0 saturated heterocycles. The van der Waals surface area contributed by atoms with Crippen LogP contribution in [0.2, 0.25) is 0 Å². The van der Waals surface area contributed by atoms with Gasteiger partial charge in [0.05, 0.1) is 12.2 Å². The highest BCUT2D eigenvalue weighted by molar-refractivity contribution is 5.66. The van der Waals surface area contributed by atoms with Gasteiger partial charge in [0.1, 0.15) is 6.04 Å². The fourth-order valence-electron chi connectivity index (χ4n) is 1.54. The average Bonchev–Trinajstić information content (AvgIpc) is 2.45. The Balaban J connectivity index is 4.17. The van der Waals surface area contributed by atoms with Crippen LogP contribution in [0.4, 0.5) is 0 Å². The summed E-state index contributed by atoms with van der Waals surface area (Å²) in [6.07, 6.45) is 12.2. The molecule has 3 atom stereocenters. The van der Waals surface area contributed by atoms with Crippen LogP contribution in [-0.4, -0.2) is 39.5 Å². The van der Waals surface area contributed by atoms with E-state index in [1.165, 1.54) is 6.08 Å². The minimum Gasteiger partial charge on any atom is -0.481 e. The van der Waals surface area contributed by atoms with Gasteiger partial charge in [-0.1, -0.05) is 53.8 Å². The van der Waals surface area contributed by atoms with Crippen molar-refractivity contribution >= 4 is 5.97 Å². The van der Waals surface area contributed by atoms with Gasteiger partial charge in [-0.15, -0.1) is 0 Å². The lowest BCUT2D eigenvalue weighted by atomic mass is 10.0. The maximum absolute atomic E-state index is 10.6. The van der Waals surface area contributed by atoms with Crippen molar-refractivity contribution in [3.63, 3.8) is 0 Å². The minimum absolute atomic E-state index is 0.0485. The van der Waals surface area contributed by atoms with E-state index in [4.69, 9.17) is 10.2 Å². The van der Waals surface area contributed by atoms with Crippen LogP contribution in [0.25, 0.3) is 0 Å². The molecule has 0 aliphatic rings. The molecule has 0 rings (SSSR count). The summed E-state index contributed by atoms with van der Waals surface area (Å²) in [5, 5.41) is 30.1. The molecule has 0 aliphatic carbocycles. The predicted octanol–water partition coefficient (Wildman–Crippen LogP) is 2.34. The lowest BCUT2D eigenvalue weighted by Gasteiger charge is -2.11. The standard InChI is InChI=1S/C16H23NO5/c1-13(18)9-6-4-2-3-5-7-11-15(19)14(17-22)10-8-12-16(20)21/h2-7,9,11,13-15,18-19H,8,10,12H2,1H3,(H,20,21)/b4-2-,5-3+,9-6+,11-7+/t13-,14-,15?/m0/s1. The average molecular weight is 309 g/mol. The molecule has 0 aromatic rings. The fourth-order valence-corrected chi connectivity index (χ4v) is 1.54. The van der Waals surface area contributed by atoms with Crippen LogP contribution >= 0.6 is 0 Å². The first-order valence-electron chi connectivity index (χ1n) is 7.06. The molecule has 0 aliphatic heterocycles. The smallest absolute Gasteiger partial charge is 0.303 e. The van der Waals surface area contributed by atoms with Crippen LogP contribution in [0.15, 0.2) is 53.8 Å². The van der Waals surface area contributed by atoms with E-state index in [-0.39, 0.29) is 12.8 Å². The van der Waals surface area contributed by atoms with Gasteiger partial charge < -0.3 is 15.3 Å². The largest absolute Gasteiger partial charge is 0.481 e. The first-order valence-corrected chi connectivity index (χ1v) is 7.06. The van der Waals surface area contributed by atoms with Crippen molar-refractivity contribution in [1.82, 2.24) is 0 Å². The van der Waals surface area contributed by atoms with Gasteiger partial charge in [0.15, 0.2) is 0 Å². The lowest BCUT2D eigenvalue weighted by molar-refractivity contribution is -0.137. The monoisotopic (exact) mass is 309 g/mol. The summed E-state index contributed by atoms with van der Waals surface area (Å²) >= 11 is 0. The summed E-state index contributed by atoms with van der Waals surface area (Å²) < 4.78 is 0. The second-order valence-corrected chi connectivity index (χ2v) is 4.73. The molecular weight excluding hydrogens is 286 g/mol. The number of aliphatic hydroxyl groups is 2. The molecule has 1 unspecified atom stereocenters. The number of carboxylic acids is 1. The molecule has 0 saturated carbocycles. The van der Waals surface area contributed by atoms with E-state index in [1.807, 2.05) is 0 Å². The van der Waals surface area contributed by atoms with E-state index >= 15 is 0 Å². The highest BCUT2D eigenvalue weighted by atomic mass is 16.4. The Hall–Kier alpha value is -2.05. The Morgan fingerprint density at radius 3 is 2.09 bits per heavy atom. The van der Waals surface area contributed by atoms with Crippen molar-refractivity contribution in [2.75, 3.05) is 0 Å². The first kappa shape index (κ1) is 19.9. The van der Waals surface area contributed by atoms with Crippen LogP contribution in [0.5, 0.6) is 0 Å². The predicted molar refractivity (Wildman–Crippen MR) is 85.3 cm³/mol. The molecule has 0 radical (unpaired) electrons. The number of aliphatic carboxylic acids is 1. The molecule has 22 heavy (non-hydrogen) atoms. The van der Waals surface area contributed by atoms with E-state index in [2.05, 4.69) is 5.18 Å². The first-order chi connectivity index (χ1) is 10.5. The number of nitroso groups, excluding NO2 is 1. The molecule has 0 spiro atoms. The van der Waals surface area contributed by atoms with Gasteiger partial charge in [0.2, 0.25) is 0 Å². The summed E-state index contributed by atoms with van der Waals surface area (Å²) in [4.78, 5) is 21.0. The van der Waals surface area contributed by atoms with Crippen molar-refractivity contribution in [2.45, 2.75) is 44.4 Å². The van der Waals surface area contributed by atoms with Gasteiger partial charge in [-0.05, 0) is 19.8 Å². The van der Waals surface area contributed by atoms with Gasteiger partial charge in [0, 0.05) is 6.42 Å². The zero-order valence-electron chi connectivity index (χ0n) is 12.6. The number of carboxylic acid groups (broad SMARTS) is 1. The van der Waals surface area contributed by atoms with Crippen LogP contribution in [0.1, 0.15) is 26.2 Å². The summed E-state index contributed by atoms with van der Waals surface area (Å²) in [7, 11) is 0. The summed E-state index contributed by atoms with van der Waals surface area (Å²) in [5.41, 5.74) is 0. The molecule has 6 nitrogen and oxygen atoms in total. The number of hydrogen-bond donors (Lipinski definition) is 3. The Morgan fingerprint density at radius 1 is 1.05 bits per heavy atom. The Kier molecular flexibility index (Phi) is 11.5. The Labute approximate surface area is 130 Å². The van der Waals surface area contributed by atoms with Crippen molar-refractivity contribution in [3.8, 4) is 0 Å². The number of aliphatic hydroxyl groups excluding tert-OH is 2. The van der Waals surface area contributed by atoms with Crippen molar-refractivity contribution in [1.29, 1.82) is 0 Å². The van der Waals surface area contributed by atoms with Gasteiger partial charge in [-0.3, -0.25) is 4.79 Å². The molecule has 0 bridgehead atoms. The summed E-state index contributed by atoms with van der Waals surface area (Å²) in [5.74, 6) is -0.936. The summed E-state index contributed by atoms with van der Waals surface area (Å²) in [6, 6.07) is -0.839. The highest BCUT2D eigenvalue weighted by Crippen LogP contribution is 2.10. The van der Waals surface area contributed by atoms with E-state index in [9.17, 15) is 14.8 Å². The number of allylic oxidation sites excluding steroid dienone is 6. The SMILES string of the molecule is C[C@H](O)/C=C/C=C\C=C\C=C\C(O)[C@H](CCCC(=O)O)N=O. The third kappa shape index (κ3) is 11.7. The number of nitrogens with zero attached hydrogens (tertiary/aromatic N) is 1. The lowest BCUT2D eigenvalue weighted by Crippen LogP contribution is -2.21. The normalized spacial score (nSPS) is 16.7. The van der Waals surface area contributed by atoms with Crippen LogP contribution < -0.4 is 0 Å². The molecule has 0 amide bonds. The molecule has 0 aromatic heterocycles. The number of hydrogen-bond acceptors (Lipinski definition) is 5. The molecule has 6 heteroatoms. The van der Waals surface area contributed by atoms with E-state index in [1.54, 1.807) is 49.5 Å². The Bertz CT molecular complexity index is 438. The quantitative estimate of drug-likeness (QED) is 0.401. The van der Waals surface area contributed by atoms with Gasteiger partial charge >= 0.3 is 5.97 Å². The van der Waals surface area contributed by atoms with Crippen LogP contribution in [-0.2, 0) is 4.79 Å². The van der Waals surface area contributed by atoms with Gasteiger partial charge in [-0.2, -0.15) is 4.91 Å². The third-order valence-corrected chi connectivity index (χ3v) is 2.67. The molecule has 0 heterocycles. The van der Waals surface area contributed by atoms with Gasteiger partial charge in [0.25, 0.3) is 0 Å². The van der Waals surface area contributed by atoms with Crippen LogP contribution in [0, 0.1) is 4.91 Å². The third-order valence-electron chi connectivity index (χ3n) is 2.67. The van der Waals surface area contributed by atoms with Gasteiger partial charge in [-0.25, -0.2) is 0 Å². The minimum atomic E-state index is -1.03. The zero-order chi connectivity index (χ0) is 16.8. The van der Waals surface area contributed by atoms with Crippen molar-refractivity contribution < 1.29 is 20.1 Å². The maximum atomic E-state index is 10.6. The summed E-state index contributed by atoms with van der Waals surface area (Å²) in [6.45, 7) is 1.65. The zero-order valence-corrected chi connectivity index (χ0v) is 12.6. The number of rotatable bonds is 11. The van der Waals surface area contributed by atoms with Crippen molar-refractivity contribution in [2.24, 2.45) is 5.18 Å². The number of carbonyl (C=O) groups is 1. The van der Waals surface area contributed by atoms with E-state index in [0.29, 0.717) is 6.42 Å². The Morgan fingerprint density at radius 2 is 1.59 bits per heavy atom. The fraction of sp³-hybridized carbons (Fsp3) is 0.438. The van der Waals surface area contributed by atoms with E-state index in [0.717, 1.165) is 0 Å². The molecule has 0 fully saturated rings. The maximum Gasteiger partial charge on any atom is 0.303 e. The van der Waals surface area contributed by atoms with Crippen LogP contribution in [0.3, 0.4) is 0 Å². The second-order valence-electron chi connectivity index (χ2n) is 4.73. The molecule has 3 N–H and O–H groups in total. The molecule has 0 aromatic carbocycles. The topological polar surface area (TPSA) is 107 Å². The van der Waals surface area contributed by atoms with Crippen molar-refractivity contribution in [3.05, 3.63) is 53.5 Å². The molecule has 122 valence electrons. The molecular formula is C16H23NO5. The second kappa shape index (κ2) is 12.7. The highest BCUT2D eigenvalue weighted by Gasteiger charge is 2.17. The van der Waals surface area contributed by atoms with E-state index < -0.39 is 24.2 Å².